The van der Waals surface area contributed by atoms with E-state index in [1.54, 1.807) is 13.0 Å². The topological polar surface area (TPSA) is 77.7 Å². The summed E-state index contributed by atoms with van der Waals surface area (Å²) in [6, 6.07) is 0. The number of ether oxygens (including phenoxy) is 4. The number of carbonyl (C=O) groups is 2. The van der Waals surface area contributed by atoms with Gasteiger partial charge in [-0.2, -0.15) is 0 Å². The lowest BCUT2D eigenvalue weighted by Crippen LogP contribution is -2.47. The third kappa shape index (κ3) is 4.13. The van der Waals surface area contributed by atoms with E-state index < -0.39 is 12.2 Å². The molecule has 6 nitrogen and oxygen atoms in total. The zero-order valence-electron chi connectivity index (χ0n) is 18.1. The molecule has 3 unspecified atom stereocenters. The Morgan fingerprint density at radius 1 is 1.11 bits per heavy atom. The van der Waals surface area contributed by atoms with E-state index in [0.29, 0.717) is 12.0 Å². The Bertz CT molecular complexity index is 670. The Kier molecular flexibility index (Phi) is 5.67. The van der Waals surface area contributed by atoms with Crippen molar-refractivity contribution >= 4 is 11.9 Å². The molecule has 1 aliphatic carbocycles. The van der Waals surface area contributed by atoms with Crippen LogP contribution in [0.2, 0.25) is 0 Å². The van der Waals surface area contributed by atoms with Crippen LogP contribution in [-0.4, -0.2) is 47.6 Å². The molecule has 2 saturated heterocycles. The fourth-order valence-electron chi connectivity index (χ4n) is 4.68. The largest absolute Gasteiger partial charge is 0.459 e. The number of epoxide rings is 2. The normalized spacial score (nSPS) is 42.9. The number of fused-ring (bicyclic) bond motifs is 2. The molecule has 7 atom stereocenters. The molecule has 0 N–H and O–H groups in total. The Balaban J connectivity index is 1.96. The average molecular weight is 395 g/mol. The predicted molar refractivity (Wildman–Crippen MR) is 104 cm³/mol. The number of rotatable bonds is 4. The summed E-state index contributed by atoms with van der Waals surface area (Å²) in [5, 5.41) is 0. The Labute approximate surface area is 167 Å². The number of esters is 2. The minimum atomic E-state index is -0.454. The summed E-state index contributed by atoms with van der Waals surface area (Å²) in [4.78, 5) is 24.5. The molecule has 158 valence electrons. The quantitative estimate of drug-likeness (QED) is 0.412. The molecule has 0 bridgehead atoms. The molecular weight excluding hydrogens is 360 g/mol. The molecule has 3 rings (SSSR count). The Morgan fingerprint density at radius 3 is 2.36 bits per heavy atom. The molecule has 0 spiro atoms. The molecule has 2 heterocycles. The maximum absolute atomic E-state index is 12.6. The van der Waals surface area contributed by atoms with Crippen LogP contribution >= 0.6 is 0 Å². The van der Waals surface area contributed by atoms with Gasteiger partial charge < -0.3 is 18.9 Å². The van der Waals surface area contributed by atoms with Crippen LogP contribution in [0.5, 0.6) is 0 Å². The van der Waals surface area contributed by atoms with E-state index in [9.17, 15) is 9.59 Å². The zero-order chi connectivity index (χ0) is 20.9. The first-order valence-corrected chi connectivity index (χ1v) is 10.4. The summed E-state index contributed by atoms with van der Waals surface area (Å²) in [5.74, 6) is -0.727. The van der Waals surface area contributed by atoms with Gasteiger partial charge in [-0.05, 0) is 46.5 Å². The average Bonchev–Trinajstić information content (AvgIpc) is 3.45. The third-order valence-electron chi connectivity index (χ3n) is 6.68. The summed E-state index contributed by atoms with van der Waals surface area (Å²) in [6.45, 7) is 13.3. The second kappa shape index (κ2) is 7.45. The smallest absolute Gasteiger partial charge is 0.333 e. The lowest BCUT2D eigenvalue weighted by atomic mass is 9.76. The minimum absolute atomic E-state index is 0.127. The monoisotopic (exact) mass is 394 g/mol. The van der Waals surface area contributed by atoms with Gasteiger partial charge in [-0.25, -0.2) is 4.79 Å². The Morgan fingerprint density at radius 2 is 1.79 bits per heavy atom. The van der Waals surface area contributed by atoms with Crippen LogP contribution < -0.4 is 0 Å². The molecular formula is C22H34O6. The highest BCUT2D eigenvalue weighted by molar-refractivity contribution is 5.87. The zero-order valence-corrected chi connectivity index (χ0v) is 18.1. The van der Waals surface area contributed by atoms with E-state index in [1.807, 2.05) is 6.92 Å². The second-order valence-electron chi connectivity index (χ2n) is 9.32. The van der Waals surface area contributed by atoms with Crippen LogP contribution in [-0.2, 0) is 28.5 Å². The number of hydrogen-bond acceptors (Lipinski definition) is 6. The highest BCUT2D eigenvalue weighted by atomic mass is 16.6. The molecule has 0 aromatic heterocycles. The summed E-state index contributed by atoms with van der Waals surface area (Å²) >= 11 is 0. The van der Waals surface area contributed by atoms with Gasteiger partial charge in [0.05, 0.1) is 17.3 Å². The van der Waals surface area contributed by atoms with Crippen molar-refractivity contribution in [1.29, 1.82) is 0 Å². The van der Waals surface area contributed by atoms with E-state index >= 15 is 0 Å². The second-order valence-corrected chi connectivity index (χ2v) is 9.32. The Hall–Kier alpha value is -1.40. The van der Waals surface area contributed by atoms with Gasteiger partial charge in [0.1, 0.15) is 18.3 Å². The first kappa shape index (κ1) is 21.3. The molecule has 2 aliphatic heterocycles. The SMILES string of the molecule is C/C=C(/C)C(=O)OC1C[C@]2(C)O[C@@H]2CC[C@@]2(C)O[C@H]2C(OC(C)=O)C1C(C)C. The van der Waals surface area contributed by atoms with Crippen LogP contribution in [0.3, 0.4) is 0 Å². The lowest BCUT2D eigenvalue weighted by Gasteiger charge is -2.36. The summed E-state index contributed by atoms with van der Waals surface area (Å²) in [7, 11) is 0. The van der Waals surface area contributed by atoms with Gasteiger partial charge in [-0.3, -0.25) is 4.79 Å². The van der Waals surface area contributed by atoms with E-state index in [0.717, 1.165) is 12.8 Å². The van der Waals surface area contributed by atoms with Gasteiger partial charge in [0.2, 0.25) is 0 Å². The van der Waals surface area contributed by atoms with Gasteiger partial charge in [-0.1, -0.05) is 19.9 Å². The summed E-state index contributed by atoms with van der Waals surface area (Å²) in [5.41, 5.74) is -0.0824. The highest BCUT2D eigenvalue weighted by Crippen LogP contribution is 2.53. The maximum atomic E-state index is 12.6. The molecule has 0 amide bonds. The summed E-state index contributed by atoms with van der Waals surface area (Å²) < 4.78 is 23.9. The molecule has 6 heteroatoms. The van der Waals surface area contributed by atoms with Crippen molar-refractivity contribution in [3.63, 3.8) is 0 Å². The van der Waals surface area contributed by atoms with Crippen molar-refractivity contribution in [2.75, 3.05) is 0 Å². The van der Waals surface area contributed by atoms with E-state index in [1.165, 1.54) is 6.92 Å². The minimum Gasteiger partial charge on any atom is -0.459 e. The molecule has 3 aliphatic rings. The number of allylic oxidation sites excluding steroid dienone is 1. The molecule has 28 heavy (non-hydrogen) atoms. The summed E-state index contributed by atoms with van der Waals surface area (Å²) in [6.07, 6.45) is 3.17. The van der Waals surface area contributed by atoms with Crippen molar-refractivity contribution in [3.8, 4) is 0 Å². The van der Waals surface area contributed by atoms with Crippen molar-refractivity contribution in [2.45, 2.75) is 103 Å². The van der Waals surface area contributed by atoms with Crippen LogP contribution in [0.4, 0.5) is 0 Å². The van der Waals surface area contributed by atoms with Crippen molar-refractivity contribution in [1.82, 2.24) is 0 Å². The van der Waals surface area contributed by atoms with Gasteiger partial charge in [0, 0.05) is 24.8 Å². The van der Waals surface area contributed by atoms with E-state index in [4.69, 9.17) is 18.9 Å². The van der Waals surface area contributed by atoms with Crippen molar-refractivity contribution < 1.29 is 28.5 Å². The number of hydrogen-bond donors (Lipinski definition) is 0. The van der Waals surface area contributed by atoms with E-state index in [-0.39, 0.29) is 47.2 Å². The van der Waals surface area contributed by atoms with Gasteiger partial charge >= 0.3 is 11.9 Å². The van der Waals surface area contributed by atoms with Crippen molar-refractivity contribution in [3.05, 3.63) is 11.6 Å². The predicted octanol–water partition coefficient (Wildman–Crippen LogP) is 3.57. The fourth-order valence-corrected chi connectivity index (χ4v) is 4.68. The van der Waals surface area contributed by atoms with Crippen molar-refractivity contribution in [2.24, 2.45) is 11.8 Å². The molecule has 0 aromatic rings. The first-order valence-electron chi connectivity index (χ1n) is 10.4. The molecule has 1 saturated carbocycles. The highest BCUT2D eigenvalue weighted by Gasteiger charge is 2.64. The third-order valence-corrected chi connectivity index (χ3v) is 6.68. The van der Waals surface area contributed by atoms with Crippen LogP contribution in [0.25, 0.3) is 0 Å². The van der Waals surface area contributed by atoms with Crippen LogP contribution in [0, 0.1) is 11.8 Å². The molecule has 3 fully saturated rings. The standard InChI is InChI=1S/C22H34O6/c1-8-13(4)20(24)26-15-11-22(7)16(27-22)9-10-21(6)19(28-21)18(25-14(5)23)17(15)12(2)3/h8,12,15-19H,9-11H2,1-7H3/b13-8-/t15?,16-,17?,18?,19+,21-,22+/m1/s1. The lowest BCUT2D eigenvalue weighted by molar-refractivity contribution is -0.163. The van der Waals surface area contributed by atoms with Crippen LogP contribution in [0.15, 0.2) is 11.6 Å². The maximum Gasteiger partial charge on any atom is 0.333 e. The first-order chi connectivity index (χ1) is 13.0. The molecule has 0 radical (unpaired) electrons. The van der Waals surface area contributed by atoms with Gasteiger partial charge in [-0.15, -0.1) is 0 Å². The van der Waals surface area contributed by atoms with Gasteiger partial charge in [0.15, 0.2) is 0 Å². The van der Waals surface area contributed by atoms with E-state index in [2.05, 4.69) is 27.7 Å². The van der Waals surface area contributed by atoms with Crippen LogP contribution in [0.1, 0.15) is 67.7 Å². The number of carbonyl (C=O) groups excluding carboxylic acids is 2. The molecule has 0 aromatic carbocycles. The fraction of sp³-hybridized carbons (Fsp3) is 0.818. The van der Waals surface area contributed by atoms with Gasteiger partial charge in [0.25, 0.3) is 0 Å².